The molecule has 0 saturated carbocycles. The van der Waals surface area contributed by atoms with Gasteiger partial charge in [-0.3, -0.25) is 4.99 Å². The summed E-state index contributed by atoms with van der Waals surface area (Å²) in [6.45, 7) is 12.9. The summed E-state index contributed by atoms with van der Waals surface area (Å²) >= 11 is 0. The van der Waals surface area contributed by atoms with Gasteiger partial charge in [-0.05, 0) is 42.3 Å². The van der Waals surface area contributed by atoms with E-state index in [0.29, 0.717) is 11.9 Å². The summed E-state index contributed by atoms with van der Waals surface area (Å²) < 4.78 is 0. The van der Waals surface area contributed by atoms with Crippen molar-refractivity contribution in [1.82, 2.24) is 14.9 Å². The van der Waals surface area contributed by atoms with Crippen molar-refractivity contribution < 1.29 is 0 Å². The molecule has 0 amide bonds. The van der Waals surface area contributed by atoms with Crippen LogP contribution in [0.15, 0.2) is 47.6 Å². The lowest BCUT2D eigenvalue weighted by Crippen LogP contribution is -2.46. The van der Waals surface area contributed by atoms with Crippen LogP contribution in [0.5, 0.6) is 0 Å². The highest BCUT2D eigenvalue weighted by Crippen LogP contribution is 2.30. The Kier molecular flexibility index (Phi) is 5.32. The predicted molar refractivity (Wildman–Crippen MR) is 129 cm³/mol. The average molecular weight is 415 g/mol. The van der Waals surface area contributed by atoms with Crippen LogP contribution in [0.2, 0.25) is 0 Å². The lowest BCUT2D eigenvalue weighted by molar-refractivity contribution is 0.271. The van der Waals surface area contributed by atoms with Crippen molar-refractivity contribution in [2.45, 2.75) is 27.3 Å². The number of likely N-dealkylation sites (N-methyl/N-ethyl adjacent to an activating group) is 1. The zero-order valence-electron chi connectivity index (χ0n) is 18.6. The molecule has 3 aromatic rings. The van der Waals surface area contributed by atoms with Crippen LogP contribution in [0, 0.1) is 5.92 Å². The topological polar surface area (TPSA) is 56.6 Å². The maximum Gasteiger partial charge on any atom is 0.227 e. The van der Waals surface area contributed by atoms with E-state index in [0.717, 1.165) is 61.6 Å². The SMILES string of the molecule is CCN1CCN(c2ccc(Nc3ncc4ccc5c(c4n3)C(C(C)C)=NC5)cc2)CC1. The third-order valence-corrected chi connectivity index (χ3v) is 6.37. The number of aromatic nitrogens is 2. The Bertz CT molecular complexity index is 1110. The summed E-state index contributed by atoms with van der Waals surface area (Å²) in [7, 11) is 0. The molecule has 1 saturated heterocycles. The van der Waals surface area contributed by atoms with Crippen LogP contribution in [0.1, 0.15) is 31.9 Å². The second kappa shape index (κ2) is 8.27. The highest BCUT2D eigenvalue weighted by Gasteiger charge is 2.22. The first kappa shape index (κ1) is 19.9. The average Bonchev–Trinajstić information content (AvgIpc) is 3.25. The summed E-state index contributed by atoms with van der Waals surface area (Å²) in [6, 6.07) is 12.9. The van der Waals surface area contributed by atoms with Crippen LogP contribution in [-0.4, -0.2) is 53.3 Å². The first-order valence-corrected chi connectivity index (χ1v) is 11.3. The fourth-order valence-corrected chi connectivity index (χ4v) is 4.54. The molecule has 0 unspecified atom stereocenters. The molecule has 1 N–H and O–H groups in total. The minimum Gasteiger partial charge on any atom is -0.369 e. The fourth-order valence-electron chi connectivity index (χ4n) is 4.54. The van der Waals surface area contributed by atoms with E-state index in [2.05, 4.69) is 77.3 Å². The highest BCUT2D eigenvalue weighted by atomic mass is 15.3. The second-order valence-electron chi connectivity index (χ2n) is 8.68. The molecular formula is C25H30N6. The van der Waals surface area contributed by atoms with E-state index in [1.807, 2.05) is 6.20 Å². The van der Waals surface area contributed by atoms with Crippen molar-refractivity contribution in [3.63, 3.8) is 0 Å². The van der Waals surface area contributed by atoms with Gasteiger partial charge in [-0.2, -0.15) is 0 Å². The van der Waals surface area contributed by atoms with E-state index in [1.165, 1.54) is 16.8 Å². The number of rotatable bonds is 5. The Morgan fingerprint density at radius 2 is 1.77 bits per heavy atom. The van der Waals surface area contributed by atoms with Crippen LogP contribution in [0.3, 0.4) is 0 Å². The van der Waals surface area contributed by atoms with Gasteiger partial charge in [0.25, 0.3) is 0 Å². The summed E-state index contributed by atoms with van der Waals surface area (Å²) in [5.41, 5.74) is 6.87. The molecule has 2 aliphatic rings. The van der Waals surface area contributed by atoms with Gasteiger partial charge in [0.2, 0.25) is 5.95 Å². The largest absolute Gasteiger partial charge is 0.369 e. The first-order valence-electron chi connectivity index (χ1n) is 11.3. The van der Waals surface area contributed by atoms with Crippen molar-refractivity contribution in [2.24, 2.45) is 10.9 Å². The lowest BCUT2D eigenvalue weighted by atomic mass is 9.96. The van der Waals surface area contributed by atoms with Gasteiger partial charge in [-0.25, -0.2) is 9.97 Å². The summed E-state index contributed by atoms with van der Waals surface area (Å²) in [5, 5.41) is 4.45. The molecule has 2 aromatic carbocycles. The van der Waals surface area contributed by atoms with E-state index >= 15 is 0 Å². The molecule has 1 fully saturated rings. The summed E-state index contributed by atoms with van der Waals surface area (Å²) in [5.74, 6) is 1.00. The minimum atomic E-state index is 0.380. The molecule has 0 aliphatic carbocycles. The summed E-state index contributed by atoms with van der Waals surface area (Å²) in [4.78, 5) is 19.1. The van der Waals surface area contributed by atoms with E-state index in [4.69, 9.17) is 9.98 Å². The van der Waals surface area contributed by atoms with Gasteiger partial charge >= 0.3 is 0 Å². The molecule has 160 valence electrons. The molecule has 1 aromatic heterocycles. The lowest BCUT2D eigenvalue weighted by Gasteiger charge is -2.35. The molecule has 31 heavy (non-hydrogen) atoms. The quantitative estimate of drug-likeness (QED) is 0.667. The summed E-state index contributed by atoms with van der Waals surface area (Å²) in [6.07, 6.45) is 1.91. The van der Waals surface area contributed by atoms with Gasteiger partial charge in [-0.15, -0.1) is 0 Å². The van der Waals surface area contributed by atoms with Gasteiger partial charge in [0.1, 0.15) is 0 Å². The smallest absolute Gasteiger partial charge is 0.227 e. The van der Waals surface area contributed by atoms with Crippen molar-refractivity contribution in [3.05, 3.63) is 53.7 Å². The first-order chi connectivity index (χ1) is 15.1. The third kappa shape index (κ3) is 3.88. The van der Waals surface area contributed by atoms with Crippen molar-refractivity contribution in [1.29, 1.82) is 0 Å². The number of hydrogen-bond donors (Lipinski definition) is 1. The number of anilines is 3. The number of benzene rings is 2. The van der Waals surface area contributed by atoms with Crippen molar-refractivity contribution in [3.8, 4) is 0 Å². The van der Waals surface area contributed by atoms with Gasteiger partial charge in [0.05, 0.1) is 12.1 Å². The number of aliphatic imine (C=N–C) groups is 1. The van der Waals surface area contributed by atoms with Crippen molar-refractivity contribution in [2.75, 3.05) is 42.9 Å². The highest BCUT2D eigenvalue weighted by molar-refractivity contribution is 6.13. The van der Waals surface area contributed by atoms with Gasteiger partial charge in [0.15, 0.2) is 0 Å². The zero-order valence-corrected chi connectivity index (χ0v) is 18.6. The van der Waals surface area contributed by atoms with Crippen LogP contribution in [0.25, 0.3) is 10.9 Å². The van der Waals surface area contributed by atoms with Crippen molar-refractivity contribution >= 4 is 33.9 Å². The third-order valence-electron chi connectivity index (χ3n) is 6.37. The molecular weight excluding hydrogens is 384 g/mol. The van der Waals surface area contributed by atoms with Crippen LogP contribution < -0.4 is 10.2 Å². The molecule has 0 atom stereocenters. The Morgan fingerprint density at radius 1 is 1.00 bits per heavy atom. The monoisotopic (exact) mass is 414 g/mol. The standard InChI is InChI=1S/C25H30N6/c1-4-30-11-13-31(14-12-30)21-9-7-20(8-10-21)28-25-27-16-19-6-5-18-15-26-23(17(2)3)22(18)24(19)29-25/h5-10,16-17H,4,11-15H2,1-3H3,(H,27,28,29). The van der Waals surface area contributed by atoms with E-state index in [1.54, 1.807) is 0 Å². The number of nitrogens with zero attached hydrogens (tertiary/aromatic N) is 5. The Hall–Kier alpha value is -2.99. The van der Waals surface area contributed by atoms with Crippen LogP contribution in [0.4, 0.5) is 17.3 Å². The number of fused-ring (bicyclic) bond motifs is 3. The predicted octanol–water partition coefficient (Wildman–Crippen LogP) is 4.47. The van der Waals surface area contributed by atoms with E-state index < -0.39 is 0 Å². The van der Waals surface area contributed by atoms with Gasteiger partial charge in [-0.1, -0.05) is 32.9 Å². The second-order valence-corrected chi connectivity index (χ2v) is 8.68. The Morgan fingerprint density at radius 3 is 2.48 bits per heavy atom. The van der Waals surface area contributed by atoms with Crippen LogP contribution >= 0.6 is 0 Å². The molecule has 6 heteroatoms. The maximum atomic E-state index is 4.89. The Balaban J connectivity index is 1.36. The number of hydrogen-bond acceptors (Lipinski definition) is 6. The molecule has 6 nitrogen and oxygen atoms in total. The van der Waals surface area contributed by atoms with E-state index in [-0.39, 0.29) is 0 Å². The molecule has 2 aliphatic heterocycles. The zero-order chi connectivity index (χ0) is 21.4. The molecule has 3 heterocycles. The Labute approximate surface area is 184 Å². The molecule has 5 rings (SSSR count). The normalized spacial score (nSPS) is 16.6. The maximum absolute atomic E-state index is 4.89. The van der Waals surface area contributed by atoms with E-state index in [9.17, 15) is 0 Å². The number of nitrogens with one attached hydrogen (secondary N) is 1. The van der Waals surface area contributed by atoms with Gasteiger partial charge < -0.3 is 15.1 Å². The number of piperazine rings is 1. The molecule has 0 radical (unpaired) electrons. The fraction of sp³-hybridized carbons (Fsp3) is 0.400. The van der Waals surface area contributed by atoms with Crippen LogP contribution in [-0.2, 0) is 6.54 Å². The van der Waals surface area contributed by atoms with Gasteiger partial charge in [0, 0.05) is 60.4 Å². The molecule has 0 spiro atoms. The molecule has 0 bridgehead atoms. The minimum absolute atomic E-state index is 0.380.